The van der Waals surface area contributed by atoms with Gasteiger partial charge in [0, 0.05) is 11.4 Å². The second kappa shape index (κ2) is 7.80. The van der Waals surface area contributed by atoms with E-state index in [1.807, 2.05) is 78.9 Å². The summed E-state index contributed by atoms with van der Waals surface area (Å²) in [5, 5.41) is 0.678. The maximum absolute atomic E-state index is 12.0. The van der Waals surface area contributed by atoms with E-state index in [1.54, 1.807) is 0 Å². The summed E-state index contributed by atoms with van der Waals surface area (Å²) < 4.78 is 5.39. The van der Waals surface area contributed by atoms with E-state index in [0.717, 1.165) is 16.7 Å². The van der Waals surface area contributed by atoms with E-state index < -0.39 is 0 Å². The highest BCUT2D eigenvalue weighted by Gasteiger charge is 2.06. The predicted molar refractivity (Wildman–Crippen MR) is 97.3 cm³/mol. The van der Waals surface area contributed by atoms with Gasteiger partial charge in [0.05, 0.1) is 0 Å². The maximum atomic E-state index is 12.0. The molecule has 0 unspecified atom stereocenters. The van der Waals surface area contributed by atoms with Crippen LogP contribution in [0.4, 0.5) is 0 Å². The van der Waals surface area contributed by atoms with E-state index in [2.05, 4.69) is 0 Å². The number of carbonyl (C=O) groups excluding carboxylic acids is 1. The zero-order valence-corrected chi connectivity index (χ0v) is 13.9. The Balaban J connectivity index is 1.57. The summed E-state index contributed by atoms with van der Waals surface area (Å²) in [5.41, 5.74) is 3.25. The van der Waals surface area contributed by atoms with Crippen LogP contribution in [0.2, 0.25) is 5.02 Å². The molecule has 3 aromatic rings. The minimum Gasteiger partial charge on any atom is -0.427 e. The number of hydrogen-bond donors (Lipinski definition) is 0. The monoisotopic (exact) mass is 336 g/mol. The van der Waals surface area contributed by atoms with Gasteiger partial charge in [0.25, 0.3) is 0 Å². The van der Waals surface area contributed by atoms with Crippen molar-refractivity contribution < 1.29 is 9.53 Å². The van der Waals surface area contributed by atoms with Crippen molar-refractivity contribution in [3.63, 3.8) is 0 Å². The minimum atomic E-state index is -0.248. The molecule has 3 heteroatoms. The summed E-state index contributed by atoms with van der Waals surface area (Å²) in [6.07, 6.45) is 0.933. The lowest BCUT2D eigenvalue weighted by molar-refractivity contribution is -0.134. The first-order chi connectivity index (χ1) is 11.7. The van der Waals surface area contributed by atoms with Crippen molar-refractivity contribution in [2.24, 2.45) is 0 Å². The van der Waals surface area contributed by atoms with Gasteiger partial charge >= 0.3 is 5.97 Å². The highest BCUT2D eigenvalue weighted by molar-refractivity contribution is 6.30. The first-order valence-corrected chi connectivity index (χ1v) is 8.19. The second-order valence-corrected chi connectivity index (χ2v) is 5.93. The van der Waals surface area contributed by atoms with Gasteiger partial charge in [0.2, 0.25) is 0 Å². The van der Waals surface area contributed by atoms with Gasteiger partial charge in [-0.15, -0.1) is 0 Å². The van der Waals surface area contributed by atoms with Crippen LogP contribution in [0.15, 0.2) is 78.9 Å². The molecular weight excluding hydrogens is 320 g/mol. The number of aryl methyl sites for hydroxylation is 1. The van der Waals surface area contributed by atoms with Gasteiger partial charge < -0.3 is 4.74 Å². The third kappa shape index (κ3) is 4.46. The molecule has 0 aliphatic rings. The van der Waals surface area contributed by atoms with Gasteiger partial charge in [-0.1, -0.05) is 66.2 Å². The Morgan fingerprint density at radius 1 is 0.833 bits per heavy atom. The van der Waals surface area contributed by atoms with Crippen molar-refractivity contribution in [2.45, 2.75) is 12.8 Å². The van der Waals surface area contributed by atoms with E-state index in [9.17, 15) is 4.79 Å². The smallest absolute Gasteiger partial charge is 0.311 e. The molecule has 0 saturated heterocycles. The highest BCUT2D eigenvalue weighted by atomic mass is 35.5. The van der Waals surface area contributed by atoms with Gasteiger partial charge in [-0.25, -0.2) is 0 Å². The fourth-order valence-corrected chi connectivity index (χ4v) is 2.68. The molecule has 0 atom stereocenters. The Hall–Kier alpha value is -2.58. The summed E-state index contributed by atoms with van der Waals surface area (Å²) in [5.74, 6) is 0.313. The van der Waals surface area contributed by atoms with Gasteiger partial charge in [-0.2, -0.15) is 0 Å². The van der Waals surface area contributed by atoms with Crippen LogP contribution >= 0.6 is 11.6 Å². The molecule has 120 valence electrons. The van der Waals surface area contributed by atoms with E-state index in [0.29, 0.717) is 23.6 Å². The average molecular weight is 337 g/mol. The highest BCUT2D eigenvalue weighted by Crippen LogP contribution is 2.22. The predicted octanol–water partition coefficient (Wildman–Crippen LogP) is 5.55. The fraction of sp³-hybridized carbons (Fsp3) is 0.0952. The molecule has 2 nitrogen and oxygen atoms in total. The van der Waals surface area contributed by atoms with Crippen LogP contribution in [-0.2, 0) is 11.2 Å². The first kappa shape index (κ1) is 16.3. The van der Waals surface area contributed by atoms with Crippen molar-refractivity contribution in [1.82, 2.24) is 0 Å². The van der Waals surface area contributed by atoms with Crippen molar-refractivity contribution in [3.8, 4) is 16.9 Å². The van der Waals surface area contributed by atoms with E-state index >= 15 is 0 Å². The third-order valence-corrected chi connectivity index (χ3v) is 3.94. The SMILES string of the molecule is O=C(CCc1cccc(Cl)c1)Oc1ccc(-c2ccccc2)cc1. The molecule has 0 spiro atoms. The zero-order valence-electron chi connectivity index (χ0n) is 13.1. The van der Waals surface area contributed by atoms with Crippen molar-refractivity contribution >= 4 is 17.6 Å². The lowest BCUT2D eigenvalue weighted by Gasteiger charge is -2.06. The summed E-state index contributed by atoms with van der Waals surface area (Å²) in [6, 6.07) is 25.1. The van der Waals surface area contributed by atoms with Crippen molar-refractivity contribution in [3.05, 3.63) is 89.4 Å². The van der Waals surface area contributed by atoms with E-state index in [-0.39, 0.29) is 5.97 Å². The van der Waals surface area contributed by atoms with E-state index in [4.69, 9.17) is 16.3 Å². The lowest BCUT2D eigenvalue weighted by Crippen LogP contribution is -2.08. The van der Waals surface area contributed by atoms with Gasteiger partial charge in [-0.05, 0) is 47.4 Å². The zero-order chi connectivity index (χ0) is 16.8. The number of rotatable bonds is 5. The molecule has 3 rings (SSSR count). The summed E-state index contributed by atoms with van der Waals surface area (Å²) in [7, 11) is 0. The standard InChI is InChI=1S/C21H17ClO2/c22-19-8-4-5-16(15-19)9-14-21(23)24-20-12-10-18(11-13-20)17-6-2-1-3-7-17/h1-8,10-13,15H,9,14H2. The van der Waals surface area contributed by atoms with Gasteiger partial charge in [0.1, 0.15) is 5.75 Å². The molecule has 0 saturated carbocycles. The van der Waals surface area contributed by atoms with Crippen LogP contribution in [-0.4, -0.2) is 5.97 Å². The molecule has 0 fully saturated rings. The molecule has 0 N–H and O–H groups in total. The topological polar surface area (TPSA) is 26.3 Å². The molecule has 0 radical (unpaired) electrons. The Kier molecular flexibility index (Phi) is 5.29. The number of halogens is 1. The Morgan fingerprint density at radius 3 is 2.25 bits per heavy atom. The summed E-state index contributed by atoms with van der Waals surface area (Å²) in [4.78, 5) is 12.0. The Morgan fingerprint density at radius 2 is 1.54 bits per heavy atom. The quantitative estimate of drug-likeness (QED) is 0.451. The molecule has 3 aromatic carbocycles. The lowest BCUT2D eigenvalue weighted by atomic mass is 10.1. The molecule has 0 aliphatic carbocycles. The van der Waals surface area contributed by atoms with Crippen LogP contribution in [0.3, 0.4) is 0 Å². The molecule has 0 bridgehead atoms. The second-order valence-electron chi connectivity index (χ2n) is 5.49. The van der Waals surface area contributed by atoms with Gasteiger partial charge in [-0.3, -0.25) is 4.79 Å². The van der Waals surface area contributed by atoms with Crippen LogP contribution < -0.4 is 4.74 Å². The molecule has 0 heterocycles. The molecule has 0 amide bonds. The Bertz CT molecular complexity index is 811. The number of benzene rings is 3. The molecule has 24 heavy (non-hydrogen) atoms. The number of carbonyl (C=O) groups is 1. The van der Waals surface area contributed by atoms with Crippen LogP contribution in [0.25, 0.3) is 11.1 Å². The molecule has 0 aliphatic heterocycles. The maximum Gasteiger partial charge on any atom is 0.311 e. The van der Waals surface area contributed by atoms with E-state index in [1.165, 1.54) is 0 Å². The van der Waals surface area contributed by atoms with Crippen LogP contribution in [0, 0.1) is 0 Å². The normalized spacial score (nSPS) is 10.4. The van der Waals surface area contributed by atoms with Crippen LogP contribution in [0.5, 0.6) is 5.75 Å². The number of hydrogen-bond acceptors (Lipinski definition) is 2. The number of esters is 1. The molecule has 0 aromatic heterocycles. The molecular formula is C21H17ClO2. The summed E-state index contributed by atoms with van der Waals surface area (Å²) >= 11 is 5.94. The fourth-order valence-electron chi connectivity index (χ4n) is 2.47. The Labute approximate surface area is 146 Å². The summed E-state index contributed by atoms with van der Waals surface area (Å²) in [6.45, 7) is 0. The van der Waals surface area contributed by atoms with Crippen molar-refractivity contribution in [2.75, 3.05) is 0 Å². The average Bonchev–Trinajstić information content (AvgIpc) is 2.61. The largest absolute Gasteiger partial charge is 0.427 e. The minimum absolute atomic E-state index is 0.248. The first-order valence-electron chi connectivity index (χ1n) is 7.81. The van der Waals surface area contributed by atoms with Crippen LogP contribution in [0.1, 0.15) is 12.0 Å². The van der Waals surface area contributed by atoms with Gasteiger partial charge in [0.15, 0.2) is 0 Å². The third-order valence-electron chi connectivity index (χ3n) is 3.70. The van der Waals surface area contributed by atoms with Crippen molar-refractivity contribution in [1.29, 1.82) is 0 Å². The number of ether oxygens (including phenoxy) is 1.